The number of hydrogen-bond donors (Lipinski definition) is 1. The van der Waals surface area contributed by atoms with Gasteiger partial charge in [-0.3, -0.25) is 4.90 Å². The van der Waals surface area contributed by atoms with Gasteiger partial charge in [0.15, 0.2) is 0 Å². The summed E-state index contributed by atoms with van der Waals surface area (Å²) in [5.74, 6) is 0.932. The lowest BCUT2D eigenvalue weighted by atomic mass is 9.99. The summed E-state index contributed by atoms with van der Waals surface area (Å²) in [5, 5.41) is 0. The third-order valence-electron chi connectivity index (χ3n) is 3.13. The minimum atomic E-state index is 0.750. The predicted octanol–water partition coefficient (Wildman–Crippen LogP) is 2.88. The van der Waals surface area contributed by atoms with Crippen LogP contribution in [0.4, 0.5) is 0 Å². The monoisotopic (exact) mass is 234 g/mol. The minimum Gasteiger partial charge on any atom is -0.331 e. The highest BCUT2D eigenvalue weighted by Crippen LogP contribution is 2.17. The second kappa shape index (κ2) is 8.26. The first-order chi connectivity index (χ1) is 8.26. The molecular weight excluding hydrogens is 208 g/mol. The van der Waals surface area contributed by atoms with E-state index in [2.05, 4.69) is 42.2 Å². The lowest BCUT2D eigenvalue weighted by Crippen LogP contribution is -2.32. The third-order valence-corrected chi connectivity index (χ3v) is 3.13. The fraction of sp³-hybridized carbons (Fsp3) is 0.600. The Balaban J connectivity index is 0.000000437. The zero-order chi connectivity index (χ0) is 12.5. The van der Waals surface area contributed by atoms with E-state index in [9.17, 15) is 0 Å². The Hall–Kier alpha value is -0.860. The molecule has 96 valence electrons. The quantitative estimate of drug-likeness (QED) is 0.852. The Bertz CT molecular complexity index is 276. The molecule has 1 aromatic carbocycles. The van der Waals surface area contributed by atoms with Crippen LogP contribution in [0, 0.1) is 5.92 Å². The molecule has 1 heterocycles. The third kappa shape index (κ3) is 5.85. The van der Waals surface area contributed by atoms with E-state index in [-0.39, 0.29) is 0 Å². The molecule has 0 radical (unpaired) electrons. The van der Waals surface area contributed by atoms with Crippen LogP contribution in [0.15, 0.2) is 30.3 Å². The number of benzene rings is 1. The molecule has 1 saturated heterocycles. The van der Waals surface area contributed by atoms with Gasteiger partial charge in [-0.05, 0) is 44.0 Å². The Morgan fingerprint density at radius 2 is 1.71 bits per heavy atom. The van der Waals surface area contributed by atoms with Crippen LogP contribution in [-0.2, 0) is 6.54 Å². The topological polar surface area (TPSA) is 29.3 Å². The van der Waals surface area contributed by atoms with E-state index in [4.69, 9.17) is 5.73 Å². The molecule has 1 aliphatic heterocycles. The van der Waals surface area contributed by atoms with Crippen molar-refractivity contribution in [1.82, 2.24) is 4.90 Å². The first-order valence-electron chi connectivity index (χ1n) is 6.72. The van der Waals surface area contributed by atoms with Crippen molar-refractivity contribution in [2.45, 2.75) is 33.2 Å². The van der Waals surface area contributed by atoms with Crippen molar-refractivity contribution in [3.63, 3.8) is 0 Å². The van der Waals surface area contributed by atoms with Crippen molar-refractivity contribution in [3.05, 3.63) is 35.9 Å². The average molecular weight is 234 g/mol. The second-order valence-corrected chi connectivity index (χ2v) is 4.85. The van der Waals surface area contributed by atoms with Crippen LogP contribution in [0.3, 0.4) is 0 Å². The molecule has 0 spiro atoms. The molecule has 2 nitrogen and oxygen atoms in total. The second-order valence-electron chi connectivity index (χ2n) is 4.85. The van der Waals surface area contributed by atoms with Gasteiger partial charge in [-0.1, -0.05) is 44.2 Å². The standard InChI is InChI=1S/C13H19N.C2H7N/c1-12-7-9-14(10-8-12)11-13-5-3-2-4-6-13;1-2-3/h2-6,12H,7-11H2,1H3;2-3H2,1H3. The van der Waals surface area contributed by atoms with Gasteiger partial charge in [-0.25, -0.2) is 0 Å². The largest absolute Gasteiger partial charge is 0.331 e. The van der Waals surface area contributed by atoms with Crippen molar-refractivity contribution in [2.24, 2.45) is 11.7 Å². The van der Waals surface area contributed by atoms with E-state index in [1.54, 1.807) is 0 Å². The lowest BCUT2D eigenvalue weighted by molar-refractivity contribution is 0.185. The molecule has 1 fully saturated rings. The number of nitrogens with zero attached hydrogens (tertiary/aromatic N) is 1. The molecular formula is C15H26N2. The van der Waals surface area contributed by atoms with Crippen molar-refractivity contribution >= 4 is 0 Å². The van der Waals surface area contributed by atoms with Gasteiger partial charge < -0.3 is 5.73 Å². The summed E-state index contributed by atoms with van der Waals surface area (Å²) in [5.41, 5.74) is 6.29. The van der Waals surface area contributed by atoms with E-state index in [1.807, 2.05) is 6.92 Å². The molecule has 2 rings (SSSR count). The summed E-state index contributed by atoms with van der Waals surface area (Å²) < 4.78 is 0. The minimum absolute atomic E-state index is 0.750. The maximum Gasteiger partial charge on any atom is 0.0233 e. The van der Waals surface area contributed by atoms with Gasteiger partial charge >= 0.3 is 0 Å². The Kier molecular flexibility index (Phi) is 6.90. The molecule has 17 heavy (non-hydrogen) atoms. The number of hydrogen-bond acceptors (Lipinski definition) is 2. The maximum absolute atomic E-state index is 4.85. The molecule has 0 atom stereocenters. The molecule has 0 aliphatic carbocycles. The molecule has 0 unspecified atom stereocenters. The average Bonchev–Trinajstić information content (AvgIpc) is 2.35. The van der Waals surface area contributed by atoms with Gasteiger partial charge in [0.05, 0.1) is 0 Å². The van der Waals surface area contributed by atoms with Crippen LogP contribution >= 0.6 is 0 Å². The Morgan fingerprint density at radius 3 is 2.24 bits per heavy atom. The molecule has 2 N–H and O–H groups in total. The maximum atomic E-state index is 4.85. The SMILES string of the molecule is CC1CCN(Cc2ccccc2)CC1.CCN. The number of piperidine rings is 1. The Morgan fingerprint density at radius 1 is 1.18 bits per heavy atom. The zero-order valence-corrected chi connectivity index (χ0v) is 11.2. The van der Waals surface area contributed by atoms with E-state index < -0.39 is 0 Å². The van der Waals surface area contributed by atoms with Gasteiger partial charge in [0.1, 0.15) is 0 Å². The van der Waals surface area contributed by atoms with Gasteiger partial charge in [0.2, 0.25) is 0 Å². The highest BCUT2D eigenvalue weighted by molar-refractivity contribution is 5.14. The highest BCUT2D eigenvalue weighted by atomic mass is 15.1. The summed E-state index contributed by atoms with van der Waals surface area (Å²) >= 11 is 0. The van der Waals surface area contributed by atoms with Crippen LogP contribution in [0.2, 0.25) is 0 Å². The molecule has 1 aliphatic rings. The predicted molar refractivity (Wildman–Crippen MR) is 74.8 cm³/mol. The van der Waals surface area contributed by atoms with Crippen molar-refractivity contribution in [3.8, 4) is 0 Å². The summed E-state index contributed by atoms with van der Waals surface area (Å²) in [7, 11) is 0. The summed E-state index contributed by atoms with van der Waals surface area (Å²) in [6.07, 6.45) is 2.74. The van der Waals surface area contributed by atoms with Crippen LogP contribution in [0.5, 0.6) is 0 Å². The molecule has 1 aromatic rings. The first-order valence-corrected chi connectivity index (χ1v) is 6.72. The number of nitrogens with two attached hydrogens (primary N) is 1. The zero-order valence-electron chi connectivity index (χ0n) is 11.2. The Labute approximate surface area is 106 Å². The summed E-state index contributed by atoms with van der Waals surface area (Å²) in [4.78, 5) is 2.56. The molecule has 0 amide bonds. The number of likely N-dealkylation sites (tertiary alicyclic amines) is 1. The molecule has 0 aromatic heterocycles. The highest BCUT2D eigenvalue weighted by Gasteiger charge is 2.15. The van der Waals surface area contributed by atoms with E-state index in [0.717, 1.165) is 19.0 Å². The van der Waals surface area contributed by atoms with Gasteiger partial charge in [0.25, 0.3) is 0 Å². The van der Waals surface area contributed by atoms with E-state index in [1.165, 1.54) is 31.5 Å². The van der Waals surface area contributed by atoms with Crippen LogP contribution in [0.1, 0.15) is 32.3 Å². The number of rotatable bonds is 2. The first kappa shape index (κ1) is 14.2. The molecule has 0 saturated carbocycles. The van der Waals surface area contributed by atoms with Crippen LogP contribution in [-0.4, -0.2) is 24.5 Å². The fourth-order valence-electron chi connectivity index (χ4n) is 2.06. The van der Waals surface area contributed by atoms with Crippen molar-refractivity contribution in [2.75, 3.05) is 19.6 Å². The van der Waals surface area contributed by atoms with Gasteiger partial charge in [-0.2, -0.15) is 0 Å². The normalized spacial score (nSPS) is 17.4. The fourth-order valence-corrected chi connectivity index (χ4v) is 2.06. The molecule has 2 heteroatoms. The molecule has 0 bridgehead atoms. The van der Waals surface area contributed by atoms with E-state index >= 15 is 0 Å². The van der Waals surface area contributed by atoms with Crippen molar-refractivity contribution in [1.29, 1.82) is 0 Å². The van der Waals surface area contributed by atoms with Crippen LogP contribution < -0.4 is 5.73 Å². The lowest BCUT2D eigenvalue weighted by Gasteiger charge is -2.30. The van der Waals surface area contributed by atoms with Crippen LogP contribution in [0.25, 0.3) is 0 Å². The van der Waals surface area contributed by atoms with Gasteiger partial charge in [-0.15, -0.1) is 0 Å². The smallest absolute Gasteiger partial charge is 0.0233 e. The summed E-state index contributed by atoms with van der Waals surface area (Å²) in [6.45, 7) is 8.69. The summed E-state index contributed by atoms with van der Waals surface area (Å²) in [6, 6.07) is 10.8. The van der Waals surface area contributed by atoms with Crippen molar-refractivity contribution < 1.29 is 0 Å². The van der Waals surface area contributed by atoms with Gasteiger partial charge in [0, 0.05) is 6.54 Å². The van der Waals surface area contributed by atoms with E-state index in [0.29, 0.717) is 0 Å².